The second-order valence-corrected chi connectivity index (χ2v) is 17.1. The van der Waals surface area contributed by atoms with Gasteiger partial charge in [-0.2, -0.15) is 15.3 Å². The number of hydrogen-bond donors (Lipinski definition) is 3. The van der Waals surface area contributed by atoms with Gasteiger partial charge in [-0.05, 0) is 83.1 Å². The van der Waals surface area contributed by atoms with Crippen molar-refractivity contribution in [1.82, 2.24) is 59.1 Å². The first-order valence-corrected chi connectivity index (χ1v) is 18.8. The van der Waals surface area contributed by atoms with Gasteiger partial charge in [0, 0.05) is 60.5 Å². The first kappa shape index (κ1) is 42.6. The van der Waals surface area contributed by atoms with E-state index in [0.717, 1.165) is 11.0 Å². The molecule has 20 heteroatoms. The van der Waals surface area contributed by atoms with E-state index in [4.69, 9.17) is 19.1 Å². The number of amides is 2. The standard InChI is InChI=1S/C21H27N9O3.C16H28BN3O4/c1-13(2)29-17(15-10-26-28(12-15)7-6-22-20(32)33-21(3,4)5)27-30-16(14-8-24-25-9-14)11-23-18(30)19(29)31;1-14(2,3)20(13(21)22)9-8-19-11-12(10-18-19)17-23-15(4,5)16(6,7)24-17/h8-13H,6-7H2,1-5H3,(H,22,32)(H,24,25);10-11H,8-9H2,1-7H3,(H,21,22). The van der Waals surface area contributed by atoms with Crippen LogP contribution in [0.15, 0.2) is 48.2 Å². The van der Waals surface area contributed by atoms with Crippen LogP contribution in [-0.4, -0.2) is 114 Å². The fourth-order valence-corrected chi connectivity index (χ4v) is 5.91. The number of ether oxygens (including phenoxy) is 1. The topological polar surface area (TPSA) is 214 Å². The zero-order valence-corrected chi connectivity index (χ0v) is 34.9. The number of carboxylic acid groups (broad SMARTS) is 1. The highest BCUT2D eigenvalue weighted by molar-refractivity contribution is 6.62. The Morgan fingerprint density at radius 1 is 0.965 bits per heavy atom. The van der Waals surface area contributed by atoms with Crippen molar-refractivity contribution in [3.63, 3.8) is 0 Å². The number of nitrogens with one attached hydrogen (secondary N) is 2. The number of hydrogen-bond acceptors (Lipinski definition) is 11. The quantitative estimate of drug-likeness (QED) is 0.170. The SMILES string of the molecule is CC(C)(C)N(CCn1cc(B2OC(C)(C)C(C)(C)O2)cn1)C(=O)O.CC(C)n1c(-c2cnn(CCNC(=O)OC(C)(C)C)c2)nn2c(-c3cn[nH]c3)cnc2c1=O. The number of fused-ring (bicyclic) bond motifs is 1. The fourth-order valence-electron chi connectivity index (χ4n) is 5.91. The van der Waals surface area contributed by atoms with Gasteiger partial charge in [0.25, 0.3) is 5.56 Å². The molecule has 0 unspecified atom stereocenters. The van der Waals surface area contributed by atoms with Crippen LogP contribution in [0.4, 0.5) is 9.59 Å². The maximum absolute atomic E-state index is 13.2. The molecule has 0 spiro atoms. The number of rotatable bonds is 10. The van der Waals surface area contributed by atoms with Crippen molar-refractivity contribution in [1.29, 1.82) is 0 Å². The highest BCUT2D eigenvalue weighted by atomic mass is 16.7. The number of alkyl carbamates (subject to hydrolysis) is 1. The molecule has 3 N–H and O–H groups in total. The minimum atomic E-state index is -0.930. The number of nitrogens with zero attached hydrogens (tertiary/aromatic N) is 10. The number of aromatic amines is 1. The summed E-state index contributed by atoms with van der Waals surface area (Å²) in [6.45, 7) is 24.5. The van der Waals surface area contributed by atoms with E-state index in [2.05, 4.69) is 30.7 Å². The predicted octanol–water partition coefficient (Wildman–Crippen LogP) is 4.21. The molecule has 6 heterocycles. The summed E-state index contributed by atoms with van der Waals surface area (Å²) in [6.07, 6.45) is 10.6. The van der Waals surface area contributed by atoms with Gasteiger partial charge in [0.2, 0.25) is 5.65 Å². The number of carbonyl (C=O) groups excluding carboxylic acids is 1. The van der Waals surface area contributed by atoms with Crippen LogP contribution in [-0.2, 0) is 27.1 Å². The lowest BCUT2D eigenvalue weighted by Crippen LogP contribution is -2.46. The summed E-state index contributed by atoms with van der Waals surface area (Å²) >= 11 is 0. The number of aromatic nitrogens is 10. The molecule has 5 aromatic heterocycles. The molecule has 0 atom stereocenters. The number of imidazole rings is 1. The lowest BCUT2D eigenvalue weighted by Gasteiger charge is -2.33. The molecule has 2 amide bonds. The normalized spacial score (nSPS) is 15.1. The molecule has 0 bridgehead atoms. The molecule has 6 rings (SSSR count). The van der Waals surface area contributed by atoms with Crippen LogP contribution in [0, 0.1) is 0 Å². The first-order chi connectivity index (χ1) is 26.5. The van der Waals surface area contributed by atoms with Gasteiger partial charge in [-0.15, -0.1) is 5.10 Å². The van der Waals surface area contributed by atoms with Gasteiger partial charge >= 0.3 is 19.3 Å². The summed E-state index contributed by atoms with van der Waals surface area (Å²) in [7, 11) is -0.457. The zero-order valence-electron chi connectivity index (χ0n) is 34.9. The van der Waals surface area contributed by atoms with Gasteiger partial charge in [-0.3, -0.25) is 23.8 Å². The molecular formula is C37H55BN12O7. The Kier molecular flexibility index (Phi) is 12.1. The van der Waals surface area contributed by atoms with Crippen molar-refractivity contribution < 1.29 is 28.7 Å². The molecule has 1 fully saturated rings. The van der Waals surface area contributed by atoms with E-state index in [1.165, 1.54) is 9.42 Å². The number of carbonyl (C=O) groups is 2. The van der Waals surface area contributed by atoms with Crippen molar-refractivity contribution in [3.8, 4) is 22.6 Å². The fraction of sp³-hybridized carbons (Fsp3) is 0.568. The Bertz CT molecular complexity index is 2210. The van der Waals surface area contributed by atoms with Crippen molar-refractivity contribution in [2.75, 3.05) is 13.1 Å². The van der Waals surface area contributed by atoms with Crippen molar-refractivity contribution in [2.24, 2.45) is 0 Å². The monoisotopic (exact) mass is 790 g/mol. The van der Waals surface area contributed by atoms with Gasteiger partial charge in [0.05, 0.1) is 54.1 Å². The van der Waals surface area contributed by atoms with Crippen molar-refractivity contribution in [3.05, 3.63) is 53.7 Å². The highest BCUT2D eigenvalue weighted by Crippen LogP contribution is 2.36. The molecule has 1 aliphatic rings. The average Bonchev–Trinajstić information content (AvgIpc) is 3.91. The van der Waals surface area contributed by atoms with Gasteiger partial charge in [-0.1, -0.05) is 0 Å². The predicted molar refractivity (Wildman–Crippen MR) is 213 cm³/mol. The Balaban J connectivity index is 0.000000230. The summed E-state index contributed by atoms with van der Waals surface area (Å²) in [5.41, 5.74) is 1.12. The van der Waals surface area contributed by atoms with Crippen LogP contribution in [0.5, 0.6) is 0 Å². The second kappa shape index (κ2) is 16.2. The molecule has 308 valence electrons. The Morgan fingerprint density at radius 2 is 1.61 bits per heavy atom. The van der Waals surface area contributed by atoms with Gasteiger partial charge in [-0.25, -0.2) is 19.1 Å². The van der Waals surface area contributed by atoms with Crippen LogP contribution in [0.25, 0.3) is 28.3 Å². The third kappa shape index (κ3) is 9.91. The second-order valence-electron chi connectivity index (χ2n) is 17.1. The van der Waals surface area contributed by atoms with Crippen molar-refractivity contribution >= 4 is 30.4 Å². The molecule has 0 aliphatic carbocycles. The average molecular weight is 791 g/mol. The first-order valence-electron chi connectivity index (χ1n) is 18.8. The maximum atomic E-state index is 13.2. The lowest BCUT2D eigenvalue weighted by atomic mass is 9.82. The van der Waals surface area contributed by atoms with Crippen LogP contribution in [0.1, 0.15) is 89.1 Å². The maximum Gasteiger partial charge on any atom is 0.498 e. The molecule has 19 nitrogen and oxygen atoms in total. The largest absolute Gasteiger partial charge is 0.498 e. The Morgan fingerprint density at radius 3 is 2.19 bits per heavy atom. The van der Waals surface area contributed by atoms with Crippen LogP contribution in [0.3, 0.4) is 0 Å². The summed E-state index contributed by atoms with van der Waals surface area (Å²) in [4.78, 5) is 42.2. The molecular weight excluding hydrogens is 735 g/mol. The molecule has 1 saturated heterocycles. The van der Waals surface area contributed by atoms with Crippen LogP contribution < -0.4 is 16.3 Å². The van der Waals surface area contributed by atoms with E-state index >= 15 is 0 Å². The molecule has 57 heavy (non-hydrogen) atoms. The lowest BCUT2D eigenvalue weighted by molar-refractivity contribution is 0.00578. The van der Waals surface area contributed by atoms with Gasteiger partial charge in [0.15, 0.2) is 5.82 Å². The van der Waals surface area contributed by atoms with Crippen LogP contribution in [0.2, 0.25) is 0 Å². The van der Waals surface area contributed by atoms with E-state index in [1.807, 2.05) is 89.3 Å². The molecule has 0 saturated carbocycles. The minimum absolute atomic E-state index is 0.142. The third-order valence-corrected chi connectivity index (χ3v) is 9.55. The van der Waals surface area contributed by atoms with E-state index in [-0.39, 0.29) is 17.2 Å². The Hall–Kier alpha value is -5.50. The van der Waals surface area contributed by atoms with Crippen molar-refractivity contribution in [2.45, 2.75) is 125 Å². The van der Waals surface area contributed by atoms with E-state index in [1.54, 1.807) is 51.1 Å². The zero-order chi connectivity index (χ0) is 42.1. The van der Waals surface area contributed by atoms with E-state index < -0.39 is 41.6 Å². The van der Waals surface area contributed by atoms with E-state index in [9.17, 15) is 19.5 Å². The van der Waals surface area contributed by atoms with E-state index in [0.29, 0.717) is 43.3 Å². The summed E-state index contributed by atoms with van der Waals surface area (Å²) in [6, 6.07) is -0.142. The van der Waals surface area contributed by atoms with Gasteiger partial charge < -0.3 is 29.4 Å². The third-order valence-electron chi connectivity index (χ3n) is 9.55. The molecule has 5 aromatic rings. The van der Waals surface area contributed by atoms with Crippen LogP contribution >= 0.6 is 0 Å². The summed E-state index contributed by atoms with van der Waals surface area (Å²) in [5, 5.41) is 32.2. The molecule has 0 aromatic carbocycles. The van der Waals surface area contributed by atoms with Gasteiger partial charge in [0.1, 0.15) is 5.60 Å². The Labute approximate surface area is 331 Å². The summed E-state index contributed by atoms with van der Waals surface area (Å²) in [5.74, 6) is 0.469. The minimum Gasteiger partial charge on any atom is -0.465 e. The highest BCUT2D eigenvalue weighted by Gasteiger charge is 2.52. The number of H-pyrrole nitrogens is 1. The molecule has 0 radical (unpaired) electrons. The molecule has 1 aliphatic heterocycles. The smallest absolute Gasteiger partial charge is 0.465 e. The summed E-state index contributed by atoms with van der Waals surface area (Å²) < 4.78 is 23.8.